The lowest BCUT2D eigenvalue weighted by atomic mass is 10.1. The van der Waals surface area contributed by atoms with E-state index in [0.717, 1.165) is 0 Å². The van der Waals surface area contributed by atoms with Gasteiger partial charge in [-0.05, 0) is 12.1 Å². The first-order valence-corrected chi connectivity index (χ1v) is 7.12. The molecule has 0 aliphatic heterocycles. The molecule has 0 saturated heterocycles. The number of para-hydroxylation sites is 1. The monoisotopic (exact) mass is 316 g/mol. The summed E-state index contributed by atoms with van der Waals surface area (Å²) in [7, 11) is 0. The molecule has 1 aromatic carbocycles. The van der Waals surface area contributed by atoms with Crippen molar-refractivity contribution < 1.29 is 19.5 Å². The van der Waals surface area contributed by atoms with E-state index >= 15 is 0 Å². The average Bonchev–Trinajstić information content (AvgIpc) is 2.36. The van der Waals surface area contributed by atoms with Gasteiger partial charge in [0.2, 0.25) is 11.8 Å². The molecule has 20 heavy (non-hydrogen) atoms. The van der Waals surface area contributed by atoms with Crippen molar-refractivity contribution in [1.82, 2.24) is 0 Å². The van der Waals surface area contributed by atoms with Crippen molar-refractivity contribution in [2.24, 2.45) is 5.73 Å². The molecule has 0 aliphatic rings. The molecule has 0 fully saturated rings. The zero-order valence-electron chi connectivity index (χ0n) is 10.4. The molecule has 108 valence electrons. The Bertz CT molecular complexity index is 536. The molecule has 0 heterocycles. The van der Waals surface area contributed by atoms with Gasteiger partial charge in [0.25, 0.3) is 0 Å². The molecule has 0 aliphatic carbocycles. The van der Waals surface area contributed by atoms with Crippen LogP contribution in [0.2, 0.25) is 5.02 Å². The molecule has 0 aromatic heterocycles. The van der Waals surface area contributed by atoms with E-state index in [-0.39, 0.29) is 34.4 Å². The highest BCUT2D eigenvalue weighted by Gasteiger charge is 2.15. The first-order valence-electron chi connectivity index (χ1n) is 5.59. The van der Waals surface area contributed by atoms with E-state index < -0.39 is 11.9 Å². The number of nitrogens with one attached hydrogen (secondary N) is 1. The number of hydrogen-bond acceptors (Lipinski definition) is 4. The van der Waals surface area contributed by atoms with Crippen LogP contribution in [0.4, 0.5) is 5.69 Å². The molecule has 0 unspecified atom stereocenters. The molecule has 0 atom stereocenters. The second-order valence-corrected chi connectivity index (χ2v) is 5.30. The Hall–Kier alpha value is -1.73. The topological polar surface area (TPSA) is 109 Å². The number of amides is 2. The third-order valence-electron chi connectivity index (χ3n) is 2.23. The van der Waals surface area contributed by atoms with Gasteiger partial charge < -0.3 is 16.2 Å². The van der Waals surface area contributed by atoms with E-state index in [4.69, 9.17) is 22.4 Å². The van der Waals surface area contributed by atoms with Crippen LogP contribution in [0.15, 0.2) is 18.2 Å². The zero-order chi connectivity index (χ0) is 15.1. The minimum absolute atomic E-state index is 0.0735. The third-order valence-corrected chi connectivity index (χ3v) is 3.52. The van der Waals surface area contributed by atoms with Crippen molar-refractivity contribution in [2.45, 2.75) is 6.42 Å². The number of primary amides is 1. The van der Waals surface area contributed by atoms with Crippen LogP contribution < -0.4 is 11.1 Å². The van der Waals surface area contributed by atoms with Crippen molar-refractivity contribution >= 4 is 46.8 Å². The highest BCUT2D eigenvalue weighted by Crippen LogP contribution is 2.26. The van der Waals surface area contributed by atoms with Gasteiger partial charge in [0.1, 0.15) is 0 Å². The largest absolute Gasteiger partial charge is 0.478 e. The van der Waals surface area contributed by atoms with Gasteiger partial charge in [-0.15, -0.1) is 0 Å². The lowest BCUT2D eigenvalue weighted by Gasteiger charge is -2.10. The number of halogens is 1. The number of thioether (sulfide) groups is 1. The summed E-state index contributed by atoms with van der Waals surface area (Å²) in [5, 5.41) is 11.6. The van der Waals surface area contributed by atoms with Crippen LogP contribution in [0.1, 0.15) is 16.8 Å². The van der Waals surface area contributed by atoms with E-state index in [2.05, 4.69) is 5.32 Å². The Morgan fingerprint density at radius 1 is 1.35 bits per heavy atom. The smallest absolute Gasteiger partial charge is 0.337 e. The minimum atomic E-state index is -1.18. The van der Waals surface area contributed by atoms with Crippen LogP contribution in [0, 0.1) is 0 Å². The molecule has 1 rings (SSSR count). The van der Waals surface area contributed by atoms with Gasteiger partial charge in [-0.3, -0.25) is 9.59 Å². The molecule has 2 amide bonds. The number of benzene rings is 1. The number of nitrogens with two attached hydrogens (primary N) is 1. The third kappa shape index (κ3) is 5.10. The van der Waals surface area contributed by atoms with Gasteiger partial charge in [-0.2, -0.15) is 11.8 Å². The van der Waals surface area contributed by atoms with Gasteiger partial charge in [0.15, 0.2) is 0 Å². The first-order chi connectivity index (χ1) is 9.41. The summed E-state index contributed by atoms with van der Waals surface area (Å²) >= 11 is 7.11. The van der Waals surface area contributed by atoms with Crippen LogP contribution in [-0.4, -0.2) is 34.4 Å². The second kappa shape index (κ2) is 7.76. The van der Waals surface area contributed by atoms with E-state index in [1.54, 1.807) is 0 Å². The molecular formula is C12H13ClN2O4S. The Morgan fingerprint density at radius 3 is 2.65 bits per heavy atom. The molecule has 8 heteroatoms. The Labute approximate surface area is 124 Å². The second-order valence-electron chi connectivity index (χ2n) is 3.78. The number of carboxylic acid groups (broad SMARTS) is 1. The zero-order valence-corrected chi connectivity index (χ0v) is 12.0. The standard InChI is InChI=1S/C12H13ClN2O4S/c13-8-3-1-2-7(12(18)19)11(8)15-10(17)4-5-20-6-9(14)16/h1-3H,4-6H2,(H2,14,16)(H,15,17)(H,18,19). The van der Waals surface area contributed by atoms with Crippen molar-refractivity contribution in [3.05, 3.63) is 28.8 Å². The Morgan fingerprint density at radius 2 is 2.05 bits per heavy atom. The molecule has 6 nitrogen and oxygen atoms in total. The molecule has 0 saturated carbocycles. The molecule has 0 spiro atoms. The van der Waals surface area contributed by atoms with Gasteiger partial charge in [0.05, 0.1) is 22.0 Å². The SMILES string of the molecule is NC(=O)CSCCC(=O)Nc1c(Cl)cccc1C(=O)O. The Kier molecular flexibility index (Phi) is 6.33. The number of aromatic carboxylic acids is 1. The maximum Gasteiger partial charge on any atom is 0.337 e. The van der Waals surface area contributed by atoms with Crippen LogP contribution in [0.5, 0.6) is 0 Å². The van der Waals surface area contributed by atoms with Gasteiger partial charge in [-0.1, -0.05) is 17.7 Å². The summed E-state index contributed by atoms with van der Waals surface area (Å²) in [5.74, 6) is -1.46. The van der Waals surface area contributed by atoms with E-state index in [9.17, 15) is 14.4 Å². The molecule has 0 bridgehead atoms. The van der Waals surface area contributed by atoms with Crippen LogP contribution in [-0.2, 0) is 9.59 Å². The van der Waals surface area contributed by atoms with Crippen molar-refractivity contribution in [2.75, 3.05) is 16.8 Å². The van der Waals surface area contributed by atoms with Crippen molar-refractivity contribution in [3.8, 4) is 0 Å². The quantitative estimate of drug-likeness (QED) is 0.662. The maximum atomic E-state index is 11.7. The summed E-state index contributed by atoms with van der Waals surface area (Å²) < 4.78 is 0. The fourth-order valence-electron chi connectivity index (χ4n) is 1.37. The summed E-state index contributed by atoms with van der Waals surface area (Å²) in [5.41, 5.74) is 4.96. The van der Waals surface area contributed by atoms with Crippen LogP contribution >= 0.6 is 23.4 Å². The number of hydrogen-bond donors (Lipinski definition) is 3. The van der Waals surface area contributed by atoms with Crippen LogP contribution in [0.3, 0.4) is 0 Å². The maximum absolute atomic E-state index is 11.7. The fourth-order valence-corrected chi connectivity index (χ4v) is 2.27. The minimum Gasteiger partial charge on any atom is -0.478 e. The number of carbonyl (C=O) groups is 3. The van der Waals surface area contributed by atoms with E-state index in [1.807, 2.05) is 0 Å². The summed E-state index contributed by atoms with van der Waals surface area (Å²) in [6.45, 7) is 0. The number of carbonyl (C=O) groups excluding carboxylic acids is 2. The number of rotatable bonds is 7. The fraction of sp³-hybridized carbons (Fsp3) is 0.250. The summed E-state index contributed by atoms with van der Waals surface area (Å²) in [6.07, 6.45) is 0.127. The Balaban J connectivity index is 2.62. The normalized spacial score (nSPS) is 10.1. The molecular weight excluding hydrogens is 304 g/mol. The first kappa shape index (κ1) is 16.3. The predicted molar refractivity (Wildman–Crippen MR) is 78.2 cm³/mol. The lowest BCUT2D eigenvalue weighted by molar-refractivity contribution is -0.116. The highest BCUT2D eigenvalue weighted by atomic mass is 35.5. The summed E-state index contributed by atoms with van der Waals surface area (Å²) in [4.78, 5) is 33.2. The van der Waals surface area contributed by atoms with E-state index in [1.165, 1.54) is 30.0 Å². The van der Waals surface area contributed by atoms with Gasteiger partial charge >= 0.3 is 5.97 Å². The molecule has 4 N–H and O–H groups in total. The lowest BCUT2D eigenvalue weighted by Crippen LogP contribution is -2.17. The van der Waals surface area contributed by atoms with Crippen molar-refractivity contribution in [3.63, 3.8) is 0 Å². The summed E-state index contributed by atoms with van der Waals surface area (Å²) in [6, 6.07) is 4.33. The molecule has 0 radical (unpaired) electrons. The molecule has 1 aromatic rings. The van der Waals surface area contributed by atoms with Gasteiger partial charge in [0, 0.05) is 12.2 Å². The average molecular weight is 317 g/mol. The van der Waals surface area contributed by atoms with Crippen LogP contribution in [0.25, 0.3) is 0 Å². The van der Waals surface area contributed by atoms with E-state index in [0.29, 0.717) is 5.75 Å². The number of anilines is 1. The van der Waals surface area contributed by atoms with Crippen molar-refractivity contribution in [1.29, 1.82) is 0 Å². The predicted octanol–water partition coefficient (Wildman–Crippen LogP) is 1.59. The van der Waals surface area contributed by atoms with Gasteiger partial charge in [-0.25, -0.2) is 4.79 Å². The number of carboxylic acids is 1. The highest BCUT2D eigenvalue weighted by molar-refractivity contribution is 7.99.